The lowest BCUT2D eigenvalue weighted by atomic mass is 10.1. The predicted octanol–water partition coefficient (Wildman–Crippen LogP) is 5.23. The third kappa shape index (κ3) is 4.00. The van der Waals surface area contributed by atoms with Gasteiger partial charge in [-0.25, -0.2) is 0 Å². The molecule has 0 saturated carbocycles. The van der Waals surface area contributed by atoms with Gasteiger partial charge in [-0.1, -0.05) is 43.4 Å². The first-order valence-corrected chi connectivity index (χ1v) is 9.73. The van der Waals surface area contributed by atoms with E-state index in [1.165, 1.54) is 16.9 Å². The zero-order valence-corrected chi connectivity index (χ0v) is 16.4. The van der Waals surface area contributed by atoms with Crippen LogP contribution in [0.5, 0.6) is 0 Å². The van der Waals surface area contributed by atoms with Crippen molar-refractivity contribution < 1.29 is 9.67 Å². The van der Waals surface area contributed by atoms with Crippen LogP contribution in [0.1, 0.15) is 22.9 Å². The van der Waals surface area contributed by atoms with Crippen LogP contribution in [0, 0.1) is 6.92 Å². The highest BCUT2D eigenvalue weighted by Crippen LogP contribution is 2.24. The Balaban J connectivity index is 2.06. The van der Waals surface area contributed by atoms with Gasteiger partial charge in [0.1, 0.15) is 0 Å². The van der Waals surface area contributed by atoms with E-state index < -0.39 is 0 Å². The van der Waals surface area contributed by atoms with Crippen LogP contribution in [0.25, 0.3) is 11.5 Å². The highest BCUT2D eigenvalue weighted by molar-refractivity contribution is 7.81. The molecule has 0 unspecified atom stereocenters. The van der Waals surface area contributed by atoms with Crippen LogP contribution in [0.15, 0.2) is 66.3 Å². The number of anilines is 1. The summed E-state index contributed by atoms with van der Waals surface area (Å²) in [6.45, 7) is 4.12. The van der Waals surface area contributed by atoms with Gasteiger partial charge in [0.05, 0.1) is 4.88 Å². The topological polar surface area (TPSA) is 36.1 Å². The minimum Gasteiger partial charge on any atom is -0.501 e. The number of benzene rings is 1. The number of nitrogens with zero attached hydrogens (tertiary/aromatic N) is 1. The number of aliphatic hydroxyl groups is 1. The summed E-state index contributed by atoms with van der Waals surface area (Å²) in [5.41, 5.74) is 3.79. The van der Waals surface area contributed by atoms with Crippen LogP contribution in [-0.2, 0) is 6.42 Å². The molecule has 132 valence electrons. The summed E-state index contributed by atoms with van der Waals surface area (Å²) in [4.78, 5) is 1.26. The molecule has 0 saturated heterocycles. The number of para-hydroxylation sites is 1. The number of pyridine rings is 1. The van der Waals surface area contributed by atoms with Crippen LogP contribution < -0.4 is 9.88 Å². The molecular formula is C21H21N2OS2+. The number of rotatable bonds is 5. The van der Waals surface area contributed by atoms with Gasteiger partial charge >= 0.3 is 0 Å². The first-order chi connectivity index (χ1) is 12.6. The summed E-state index contributed by atoms with van der Waals surface area (Å²) >= 11 is 7.18. The average molecular weight is 382 g/mol. The molecule has 0 aliphatic carbocycles. The lowest BCUT2D eigenvalue weighted by Crippen LogP contribution is -2.38. The maximum atomic E-state index is 10.9. The van der Waals surface area contributed by atoms with Crippen LogP contribution in [0.2, 0.25) is 0 Å². The molecule has 2 aromatic heterocycles. The smallest absolute Gasteiger partial charge is 0.289 e. The second kappa shape index (κ2) is 8.25. The fourth-order valence-electron chi connectivity index (χ4n) is 2.74. The van der Waals surface area contributed by atoms with Crippen molar-refractivity contribution in [3.05, 3.63) is 82.3 Å². The van der Waals surface area contributed by atoms with Crippen molar-refractivity contribution in [2.24, 2.45) is 0 Å². The van der Waals surface area contributed by atoms with Gasteiger partial charge in [-0.2, -0.15) is 4.57 Å². The second-order valence-electron chi connectivity index (χ2n) is 5.93. The molecule has 2 N–H and O–H groups in total. The largest absolute Gasteiger partial charge is 0.501 e. The molecule has 0 bridgehead atoms. The van der Waals surface area contributed by atoms with Gasteiger partial charge in [-0.15, -0.1) is 11.3 Å². The van der Waals surface area contributed by atoms with Gasteiger partial charge in [-0.05, 0) is 42.5 Å². The highest BCUT2D eigenvalue weighted by atomic mass is 32.1. The predicted molar refractivity (Wildman–Crippen MR) is 113 cm³/mol. The van der Waals surface area contributed by atoms with E-state index in [1.807, 2.05) is 71.7 Å². The number of hydrogen-bond donors (Lipinski definition) is 2. The van der Waals surface area contributed by atoms with Crippen LogP contribution in [0.4, 0.5) is 5.69 Å². The van der Waals surface area contributed by atoms with Crippen molar-refractivity contribution in [2.75, 3.05) is 5.32 Å². The molecule has 3 nitrogen and oxygen atoms in total. The van der Waals surface area contributed by atoms with Crippen molar-refractivity contribution in [3.63, 3.8) is 0 Å². The van der Waals surface area contributed by atoms with Gasteiger partial charge in [0.15, 0.2) is 17.4 Å². The second-order valence-corrected chi connectivity index (χ2v) is 7.28. The van der Waals surface area contributed by atoms with Crippen LogP contribution in [0.3, 0.4) is 0 Å². The first-order valence-electron chi connectivity index (χ1n) is 8.44. The quantitative estimate of drug-likeness (QED) is 0.275. The fourth-order valence-corrected chi connectivity index (χ4v) is 3.72. The molecule has 0 spiro atoms. The fraction of sp³-hybridized carbons (Fsp3) is 0.143. The summed E-state index contributed by atoms with van der Waals surface area (Å²) in [6, 6.07) is 15.8. The summed E-state index contributed by atoms with van der Waals surface area (Å²) in [7, 11) is 0. The van der Waals surface area contributed by atoms with E-state index in [1.54, 1.807) is 0 Å². The maximum absolute atomic E-state index is 10.9. The Kier molecular flexibility index (Phi) is 5.81. The zero-order chi connectivity index (χ0) is 18.5. The van der Waals surface area contributed by atoms with Gasteiger partial charge < -0.3 is 10.4 Å². The van der Waals surface area contributed by atoms with Crippen LogP contribution >= 0.6 is 23.6 Å². The standard InChI is InChI=1S/C21H20N2OS2/c1-3-16-9-4-5-10-17(16)22-21(25)19(20(24)18-11-7-13-26-18)23-12-6-8-15(2)14-23/h4-14H,3H2,1-2H3,(H-,22,24,25)/p+1. The normalized spacial score (nSPS) is 11.8. The Bertz CT molecular complexity index is 946. The number of hydrogen-bond acceptors (Lipinski definition) is 3. The molecule has 0 atom stereocenters. The average Bonchev–Trinajstić information content (AvgIpc) is 3.17. The van der Waals surface area contributed by atoms with Gasteiger partial charge in [0.25, 0.3) is 5.70 Å². The molecule has 1 aromatic carbocycles. The lowest BCUT2D eigenvalue weighted by Gasteiger charge is -2.12. The molecule has 3 aromatic rings. The van der Waals surface area contributed by atoms with E-state index in [-0.39, 0.29) is 5.76 Å². The summed E-state index contributed by atoms with van der Waals surface area (Å²) in [6.07, 6.45) is 4.75. The lowest BCUT2D eigenvalue weighted by molar-refractivity contribution is -0.576. The van der Waals surface area contributed by atoms with Crippen molar-refractivity contribution >= 4 is 45.7 Å². The zero-order valence-electron chi connectivity index (χ0n) is 14.8. The Hall–Kier alpha value is -2.50. The summed E-state index contributed by atoms with van der Waals surface area (Å²) in [5.74, 6) is 0.169. The molecule has 2 heterocycles. The molecular weight excluding hydrogens is 360 g/mol. The minimum atomic E-state index is 0.169. The Morgan fingerprint density at radius 1 is 1.15 bits per heavy atom. The Labute approximate surface area is 163 Å². The highest BCUT2D eigenvalue weighted by Gasteiger charge is 2.24. The molecule has 26 heavy (non-hydrogen) atoms. The van der Waals surface area contributed by atoms with Crippen molar-refractivity contribution in [2.45, 2.75) is 20.3 Å². The SMILES string of the molecule is CCc1ccccc1NC(=S)/C(=C(\O)c1cccs1)[n+]1cccc(C)c1. The number of aromatic nitrogens is 1. The van der Waals surface area contributed by atoms with Gasteiger partial charge in [0, 0.05) is 17.3 Å². The molecule has 3 rings (SSSR count). The van der Waals surface area contributed by atoms with Gasteiger partial charge in [0.2, 0.25) is 5.76 Å². The van der Waals surface area contributed by atoms with Crippen molar-refractivity contribution in [3.8, 4) is 0 Å². The summed E-state index contributed by atoms with van der Waals surface area (Å²) in [5, 5.41) is 16.2. The third-order valence-corrected chi connectivity index (χ3v) is 5.22. The number of nitrogens with one attached hydrogen (secondary N) is 1. The Morgan fingerprint density at radius 2 is 1.96 bits per heavy atom. The maximum Gasteiger partial charge on any atom is 0.289 e. The molecule has 5 heteroatoms. The van der Waals surface area contributed by atoms with Crippen molar-refractivity contribution in [1.29, 1.82) is 0 Å². The van der Waals surface area contributed by atoms with E-state index in [9.17, 15) is 5.11 Å². The number of thiocarbonyl (C=S) groups is 1. The molecule has 0 aliphatic heterocycles. The van der Waals surface area contributed by atoms with Gasteiger partial charge in [-0.3, -0.25) is 0 Å². The van der Waals surface area contributed by atoms with E-state index in [0.717, 1.165) is 22.5 Å². The third-order valence-electron chi connectivity index (χ3n) is 4.05. The minimum absolute atomic E-state index is 0.169. The van der Waals surface area contributed by atoms with E-state index in [4.69, 9.17) is 12.2 Å². The molecule has 0 amide bonds. The molecule has 0 aliphatic rings. The summed E-state index contributed by atoms with van der Waals surface area (Å²) < 4.78 is 1.87. The molecule has 0 fully saturated rings. The first kappa shape index (κ1) is 18.3. The molecule has 0 radical (unpaired) electrons. The monoisotopic (exact) mass is 381 g/mol. The number of thiophene rings is 1. The van der Waals surface area contributed by atoms with E-state index in [0.29, 0.717) is 10.7 Å². The van der Waals surface area contributed by atoms with E-state index in [2.05, 4.69) is 18.3 Å². The number of aryl methyl sites for hydroxylation is 2. The number of aliphatic hydroxyl groups excluding tert-OH is 1. The van der Waals surface area contributed by atoms with Crippen LogP contribution in [-0.4, -0.2) is 10.1 Å². The van der Waals surface area contributed by atoms with Crippen molar-refractivity contribution in [1.82, 2.24) is 0 Å². The Morgan fingerprint density at radius 3 is 2.65 bits per heavy atom. The van der Waals surface area contributed by atoms with E-state index >= 15 is 0 Å².